The van der Waals surface area contributed by atoms with Gasteiger partial charge in [0, 0.05) is 17.1 Å². The van der Waals surface area contributed by atoms with Crippen molar-refractivity contribution < 1.29 is 8.42 Å². The second kappa shape index (κ2) is 3.17. The number of hydrogen-bond acceptors (Lipinski definition) is 2. The van der Waals surface area contributed by atoms with E-state index in [9.17, 15) is 8.42 Å². The molecule has 0 aromatic heterocycles. The predicted molar refractivity (Wildman–Crippen MR) is 46.3 cm³/mol. The van der Waals surface area contributed by atoms with Gasteiger partial charge in [-0.3, -0.25) is 0 Å². The summed E-state index contributed by atoms with van der Waals surface area (Å²) in [7, 11) is 1.53. The molecule has 5 heteroatoms. The van der Waals surface area contributed by atoms with E-state index in [0.717, 1.165) is 0 Å². The van der Waals surface area contributed by atoms with Crippen molar-refractivity contribution in [1.29, 1.82) is 0 Å². The van der Waals surface area contributed by atoms with Crippen LogP contribution in [0.2, 0.25) is 0 Å². The van der Waals surface area contributed by atoms with Crippen molar-refractivity contribution in [2.75, 3.05) is 0 Å². The molecule has 0 bridgehead atoms. The zero-order valence-corrected chi connectivity index (χ0v) is 7.83. The Bertz CT molecular complexity index is 303. The van der Waals surface area contributed by atoms with Gasteiger partial charge in [-0.25, -0.2) is 8.42 Å². The Hall–Kier alpha value is 0.01000. The summed E-state index contributed by atoms with van der Waals surface area (Å²) in [4.78, 5) is 0.182. The quantitative estimate of drug-likeness (QED) is 0.493. The Morgan fingerprint density at radius 2 is 2.18 bits per heavy atom. The molecule has 0 aromatic carbocycles. The average molecular weight is 213 g/mol. The van der Waals surface area contributed by atoms with Crippen molar-refractivity contribution >= 4 is 31.3 Å². The van der Waals surface area contributed by atoms with E-state index in [1.807, 2.05) is 0 Å². The second-order valence-electron chi connectivity index (χ2n) is 2.18. The number of alkyl halides is 1. The Labute approximate surface area is 74.9 Å². The van der Waals surface area contributed by atoms with Crippen LogP contribution in [0.5, 0.6) is 0 Å². The number of allylic oxidation sites excluding steroid dienone is 4. The van der Waals surface area contributed by atoms with Crippen LogP contribution in [-0.4, -0.2) is 13.8 Å². The SMILES string of the molecule is O=S(=O)(Cl)C1=CC=CC(Cl)C1. The minimum atomic E-state index is -3.56. The summed E-state index contributed by atoms with van der Waals surface area (Å²) in [6.45, 7) is 0. The van der Waals surface area contributed by atoms with Crippen LogP contribution < -0.4 is 0 Å². The molecule has 1 atom stereocenters. The fourth-order valence-electron chi connectivity index (χ4n) is 0.793. The first kappa shape index (κ1) is 9.10. The lowest BCUT2D eigenvalue weighted by Crippen LogP contribution is -2.05. The highest BCUT2D eigenvalue weighted by molar-refractivity contribution is 8.16. The zero-order valence-electron chi connectivity index (χ0n) is 5.50. The molecular weight excluding hydrogens is 207 g/mol. The Balaban J connectivity index is 2.92. The third kappa shape index (κ3) is 2.51. The van der Waals surface area contributed by atoms with Crippen LogP contribution in [0.1, 0.15) is 6.42 Å². The Morgan fingerprint density at radius 3 is 2.55 bits per heavy atom. The number of rotatable bonds is 1. The van der Waals surface area contributed by atoms with E-state index >= 15 is 0 Å². The molecule has 0 spiro atoms. The topological polar surface area (TPSA) is 34.1 Å². The van der Waals surface area contributed by atoms with E-state index in [2.05, 4.69) is 0 Å². The molecule has 0 aromatic rings. The smallest absolute Gasteiger partial charge is 0.207 e. The molecule has 2 nitrogen and oxygen atoms in total. The number of halogens is 2. The molecule has 1 aliphatic rings. The van der Waals surface area contributed by atoms with Crippen molar-refractivity contribution in [3.05, 3.63) is 23.1 Å². The highest BCUT2D eigenvalue weighted by Crippen LogP contribution is 2.24. The molecule has 62 valence electrons. The van der Waals surface area contributed by atoms with Gasteiger partial charge in [0.25, 0.3) is 9.05 Å². The lowest BCUT2D eigenvalue weighted by molar-refractivity contribution is 0.613. The first-order valence-electron chi connectivity index (χ1n) is 2.96. The van der Waals surface area contributed by atoms with Crippen LogP contribution in [0, 0.1) is 0 Å². The lowest BCUT2D eigenvalue weighted by Gasteiger charge is -2.08. The second-order valence-corrected chi connectivity index (χ2v) is 5.36. The van der Waals surface area contributed by atoms with Gasteiger partial charge in [0.05, 0.1) is 10.3 Å². The van der Waals surface area contributed by atoms with E-state index in [-0.39, 0.29) is 16.7 Å². The first-order chi connectivity index (χ1) is 5.00. The standard InChI is InChI=1S/C6H6Cl2O2S/c7-5-2-1-3-6(4-5)11(8,9)10/h1-3,5H,4H2. The fraction of sp³-hybridized carbons (Fsp3) is 0.333. The summed E-state index contributed by atoms with van der Waals surface area (Å²) in [6, 6.07) is 0. The van der Waals surface area contributed by atoms with Gasteiger partial charge >= 0.3 is 0 Å². The summed E-state index contributed by atoms with van der Waals surface area (Å²) >= 11 is 5.67. The molecule has 1 rings (SSSR count). The van der Waals surface area contributed by atoms with E-state index in [1.54, 1.807) is 12.2 Å². The van der Waals surface area contributed by atoms with Crippen LogP contribution in [0.4, 0.5) is 0 Å². The maximum Gasteiger partial charge on any atom is 0.257 e. The zero-order chi connectivity index (χ0) is 8.48. The maximum atomic E-state index is 10.7. The molecule has 0 saturated heterocycles. The monoisotopic (exact) mass is 212 g/mol. The summed E-state index contributed by atoms with van der Waals surface area (Å²) in [5.41, 5.74) is 0. The third-order valence-electron chi connectivity index (χ3n) is 1.31. The average Bonchev–Trinajstić information content (AvgIpc) is 1.86. The van der Waals surface area contributed by atoms with Crippen LogP contribution >= 0.6 is 22.3 Å². The molecule has 1 unspecified atom stereocenters. The summed E-state index contributed by atoms with van der Waals surface area (Å²) in [6.07, 6.45) is 5.05. The molecule has 0 N–H and O–H groups in total. The Morgan fingerprint density at radius 1 is 1.55 bits per heavy atom. The largest absolute Gasteiger partial charge is 0.257 e. The van der Waals surface area contributed by atoms with Gasteiger partial charge in [0.2, 0.25) is 0 Å². The van der Waals surface area contributed by atoms with Crippen molar-refractivity contribution in [3.8, 4) is 0 Å². The molecule has 11 heavy (non-hydrogen) atoms. The summed E-state index contributed by atoms with van der Waals surface area (Å²) in [5.74, 6) is 0. The molecule has 0 heterocycles. The van der Waals surface area contributed by atoms with Gasteiger partial charge in [-0.05, 0) is 6.08 Å². The highest BCUT2D eigenvalue weighted by atomic mass is 35.7. The highest BCUT2D eigenvalue weighted by Gasteiger charge is 2.18. The van der Waals surface area contributed by atoms with E-state index in [1.165, 1.54) is 6.08 Å². The van der Waals surface area contributed by atoms with Gasteiger partial charge in [-0.15, -0.1) is 11.6 Å². The molecule has 0 aliphatic heterocycles. The van der Waals surface area contributed by atoms with Crippen LogP contribution in [0.15, 0.2) is 23.1 Å². The third-order valence-corrected chi connectivity index (χ3v) is 3.13. The van der Waals surface area contributed by atoms with Crippen molar-refractivity contribution in [2.45, 2.75) is 11.8 Å². The van der Waals surface area contributed by atoms with Crippen molar-refractivity contribution in [1.82, 2.24) is 0 Å². The van der Waals surface area contributed by atoms with Gasteiger partial charge in [0.15, 0.2) is 0 Å². The lowest BCUT2D eigenvalue weighted by atomic mass is 10.2. The fourth-order valence-corrected chi connectivity index (χ4v) is 2.10. The Kier molecular flexibility index (Phi) is 2.62. The molecule has 0 fully saturated rings. The number of hydrogen-bond donors (Lipinski definition) is 0. The van der Waals surface area contributed by atoms with Crippen molar-refractivity contribution in [3.63, 3.8) is 0 Å². The van der Waals surface area contributed by atoms with Gasteiger partial charge in [-0.1, -0.05) is 12.2 Å². The minimum Gasteiger partial charge on any atom is -0.207 e. The van der Waals surface area contributed by atoms with Gasteiger partial charge in [-0.2, -0.15) is 0 Å². The van der Waals surface area contributed by atoms with Crippen LogP contribution in [0.3, 0.4) is 0 Å². The van der Waals surface area contributed by atoms with Crippen molar-refractivity contribution in [2.24, 2.45) is 0 Å². The van der Waals surface area contributed by atoms with Crippen LogP contribution in [0.25, 0.3) is 0 Å². The molecule has 0 saturated carbocycles. The van der Waals surface area contributed by atoms with E-state index in [4.69, 9.17) is 22.3 Å². The molecular formula is C6H6Cl2O2S. The van der Waals surface area contributed by atoms with Gasteiger partial charge < -0.3 is 0 Å². The molecule has 1 aliphatic carbocycles. The minimum absolute atomic E-state index is 0.182. The van der Waals surface area contributed by atoms with Crippen LogP contribution in [-0.2, 0) is 9.05 Å². The van der Waals surface area contributed by atoms with Gasteiger partial charge in [0.1, 0.15) is 0 Å². The normalized spacial score (nSPS) is 24.9. The maximum absolute atomic E-state index is 10.7. The van der Waals surface area contributed by atoms with E-state index in [0.29, 0.717) is 0 Å². The first-order valence-corrected chi connectivity index (χ1v) is 5.71. The van der Waals surface area contributed by atoms with E-state index < -0.39 is 9.05 Å². The predicted octanol–water partition coefficient (Wildman–Crippen LogP) is 2.01. The summed E-state index contributed by atoms with van der Waals surface area (Å²) in [5, 5.41) is -0.261. The summed E-state index contributed by atoms with van der Waals surface area (Å²) < 4.78 is 21.5. The molecule has 0 amide bonds. The molecule has 0 radical (unpaired) electrons.